The molecule has 0 radical (unpaired) electrons. The maximum absolute atomic E-state index is 15.6. The zero-order valence-corrected chi connectivity index (χ0v) is 34.5. The number of anilines is 1. The van der Waals surface area contributed by atoms with Crippen LogP contribution in [0.1, 0.15) is 72.0 Å². The Morgan fingerprint density at radius 1 is 1.03 bits per heavy atom. The number of aryl methyl sites for hydroxylation is 1. The highest BCUT2D eigenvalue weighted by atomic mass is 35.5. The molecule has 3 aromatic carbocycles. The molecule has 1 amide bonds. The molecule has 3 aliphatic carbocycles. The monoisotopic (exact) mass is 910 g/mol. The number of sulfonamides is 1. The van der Waals surface area contributed by atoms with Crippen molar-refractivity contribution in [3.05, 3.63) is 116 Å². The average Bonchev–Trinajstić information content (AvgIpc) is 4.06. The number of fused-ring (bicyclic) bond motifs is 5. The summed E-state index contributed by atoms with van der Waals surface area (Å²) >= 11 is 6.65. The summed E-state index contributed by atoms with van der Waals surface area (Å²) in [7, 11) is -2.44. The maximum Gasteiger partial charge on any atom is 0.293 e. The van der Waals surface area contributed by atoms with E-state index in [4.69, 9.17) is 16.6 Å². The molecule has 14 nitrogen and oxygen atoms in total. The van der Waals surface area contributed by atoms with E-state index < -0.39 is 87.7 Å². The topological polar surface area (TPSA) is 164 Å². The highest BCUT2D eigenvalue weighted by molar-refractivity contribution is 7.92. The molecule has 2 saturated carbocycles. The summed E-state index contributed by atoms with van der Waals surface area (Å²) in [4.78, 5) is 34.2. The smallest absolute Gasteiger partial charge is 0.293 e. The Hall–Kier alpha value is -6.22. The summed E-state index contributed by atoms with van der Waals surface area (Å²) < 4.78 is 121. The van der Waals surface area contributed by atoms with E-state index in [1.807, 2.05) is 4.68 Å². The fraction of sp³-hybridized carbons (Fsp3) is 0.317. The lowest BCUT2D eigenvalue weighted by atomic mass is 10.0. The molecule has 0 spiro atoms. The third-order valence-electron chi connectivity index (χ3n) is 11.7. The number of carbonyl (C=O) groups excluding carboxylic acids is 1. The van der Waals surface area contributed by atoms with Crippen molar-refractivity contribution in [1.29, 1.82) is 0 Å². The number of hydrogen-bond acceptors (Lipinski definition) is 8. The molecule has 0 unspecified atom stereocenters. The van der Waals surface area contributed by atoms with Crippen LogP contribution in [0.15, 0.2) is 65.6 Å². The van der Waals surface area contributed by atoms with E-state index in [0.29, 0.717) is 16.3 Å². The minimum atomic E-state index is -3.91. The molecule has 22 heteroatoms. The Labute approximate surface area is 357 Å². The van der Waals surface area contributed by atoms with Crippen LogP contribution in [-0.2, 0) is 40.8 Å². The van der Waals surface area contributed by atoms with Gasteiger partial charge in [0.05, 0.1) is 56.5 Å². The van der Waals surface area contributed by atoms with Crippen LogP contribution in [0, 0.1) is 17.6 Å². The SMILES string of the molecule is Cn1nc(NS(C)(=O)=O)c2c(Cl)ccc(-n3c([C@H](Cc4cc(F)cc(F)c4)NC(=O)Cn4nc(C(F)F)c5c4C(F)(F)[C@@H]4C[C@H]54)nc4cc(-c5ccnn5C5CC5)ccc4c3=O)c21. The number of aromatic nitrogens is 8. The van der Waals surface area contributed by atoms with Gasteiger partial charge in [0.25, 0.3) is 17.9 Å². The molecule has 3 aliphatic rings. The van der Waals surface area contributed by atoms with E-state index in [9.17, 15) is 30.8 Å². The van der Waals surface area contributed by atoms with Gasteiger partial charge in [-0.3, -0.25) is 32.9 Å². The van der Waals surface area contributed by atoms with Gasteiger partial charge in [0.15, 0.2) is 5.82 Å². The van der Waals surface area contributed by atoms with Crippen molar-refractivity contribution >= 4 is 55.2 Å². The molecule has 2 fully saturated rings. The average molecular weight is 911 g/mol. The molecule has 0 aliphatic heterocycles. The molecule has 0 saturated heterocycles. The maximum atomic E-state index is 15.6. The number of halogens is 7. The van der Waals surface area contributed by atoms with Crippen molar-refractivity contribution in [2.45, 2.75) is 62.6 Å². The molecule has 63 heavy (non-hydrogen) atoms. The molecule has 10 rings (SSSR count). The van der Waals surface area contributed by atoms with Gasteiger partial charge in [0.1, 0.15) is 35.4 Å². The van der Waals surface area contributed by atoms with Gasteiger partial charge in [-0.15, -0.1) is 0 Å². The van der Waals surface area contributed by atoms with Gasteiger partial charge in [-0.25, -0.2) is 31.0 Å². The zero-order valence-electron chi connectivity index (χ0n) is 33.0. The van der Waals surface area contributed by atoms with Crippen molar-refractivity contribution in [2.24, 2.45) is 13.0 Å². The first kappa shape index (κ1) is 40.8. The van der Waals surface area contributed by atoms with Crippen LogP contribution >= 0.6 is 11.6 Å². The lowest BCUT2D eigenvalue weighted by Gasteiger charge is -2.24. The van der Waals surface area contributed by atoms with Gasteiger partial charge >= 0.3 is 0 Å². The first-order valence-corrected chi connectivity index (χ1v) is 21.9. The number of hydrogen-bond donors (Lipinski definition) is 2. The van der Waals surface area contributed by atoms with Crippen molar-refractivity contribution < 1.29 is 39.6 Å². The van der Waals surface area contributed by atoms with E-state index in [1.54, 1.807) is 30.5 Å². The molecule has 3 atom stereocenters. The van der Waals surface area contributed by atoms with Crippen molar-refractivity contribution in [1.82, 2.24) is 44.2 Å². The van der Waals surface area contributed by atoms with E-state index in [0.717, 1.165) is 41.5 Å². The number of benzene rings is 3. The predicted molar refractivity (Wildman–Crippen MR) is 217 cm³/mol. The minimum Gasteiger partial charge on any atom is -0.344 e. The number of nitrogens with one attached hydrogen (secondary N) is 2. The third kappa shape index (κ3) is 7.00. The summed E-state index contributed by atoms with van der Waals surface area (Å²) in [6.45, 7) is -0.974. The highest BCUT2D eigenvalue weighted by Gasteiger charge is 2.67. The third-order valence-corrected chi connectivity index (χ3v) is 12.5. The van der Waals surface area contributed by atoms with Crippen molar-refractivity contribution in [3.8, 4) is 16.9 Å². The van der Waals surface area contributed by atoms with Crippen molar-refractivity contribution in [2.75, 3.05) is 11.0 Å². The quantitative estimate of drug-likeness (QED) is 0.122. The summed E-state index contributed by atoms with van der Waals surface area (Å²) in [6.07, 6.45) is 0.746. The van der Waals surface area contributed by atoms with Crippen LogP contribution < -0.4 is 15.6 Å². The Bertz CT molecular complexity index is 3230. The second-order valence-electron chi connectivity index (χ2n) is 16.2. The Balaban J connectivity index is 1.18. The Morgan fingerprint density at radius 3 is 2.48 bits per heavy atom. The van der Waals surface area contributed by atoms with Gasteiger partial charge in [-0.05, 0) is 73.2 Å². The largest absolute Gasteiger partial charge is 0.344 e. The Morgan fingerprint density at radius 2 is 1.78 bits per heavy atom. The number of amides is 1. The van der Waals surface area contributed by atoms with Crippen LogP contribution in [0.4, 0.5) is 32.2 Å². The standard InChI is InChI=1S/C41H33ClF6N10O4S/c1-55-35-30(8-7-26(42)33(35)38(53-55)54-63(2,61)62)57-39(51-27-14-19(3-6-23(27)40(57)60)29-9-10-49-58(29)22-4-5-22)28(13-18-11-20(43)15-21(44)12-18)50-31(59)17-56-36-32(34(52-56)37(45)46)24-16-25(24)41(36,47)48/h3,6-12,14-15,22,24-25,28,37H,4-5,13,16-17H2,1-2H3,(H,50,59)(H,53,54)/t24-,25+,28-/m0/s1. The zero-order chi connectivity index (χ0) is 44.4. The van der Waals surface area contributed by atoms with Crippen molar-refractivity contribution in [3.63, 3.8) is 0 Å². The second-order valence-corrected chi connectivity index (χ2v) is 18.3. The normalized spacial score (nSPS) is 18.3. The molecule has 2 N–H and O–H groups in total. The predicted octanol–water partition coefficient (Wildman–Crippen LogP) is 7.22. The van der Waals surface area contributed by atoms with Gasteiger partial charge in [-0.1, -0.05) is 17.7 Å². The van der Waals surface area contributed by atoms with Gasteiger partial charge in [-0.2, -0.15) is 24.1 Å². The second kappa shape index (κ2) is 14.4. The van der Waals surface area contributed by atoms with Crippen LogP contribution in [0.3, 0.4) is 0 Å². The minimum absolute atomic E-state index is 0.000117. The molecule has 4 aromatic heterocycles. The van der Waals surface area contributed by atoms with Gasteiger partial charge in [0.2, 0.25) is 15.9 Å². The van der Waals surface area contributed by atoms with Crippen LogP contribution in [-0.4, -0.2) is 59.5 Å². The molecular formula is C41H33ClF6N10O4S. The summed E-state index contributed by atoms with van der Waals surface area (Å²) in [5.74, 6) is -8.95. The lowest BCUT2D eigenvalue weighted by molar-refractivity contribution is -0.123. The fourth-order valence-electron chi connectivity index (χ4n) is 8.89. The Kier molecular flexibility index (Phi) is 9.34. The number of nitrogens with zero attached hydrogens (tertiary/aromatic N) is 8. The molecule has 0 bridgehead atoms. The van der Waals surface area contributed by atoms with E-state index in [2.05, 4.69) is 25.3 Å². The molecular weight excluding hydrogens is 878 g/mol. The summed E-state index contributed by atoms with van der Waals surface area (Å²) in [6, 6.07) is 10.8. The van der Waals surface area contributed by atoms with E-state index in [-0.39, 0.29) is 67.7 Å². The first-order chi connectivity index (χ1) is 29.9. The van der Waals surface area contributed by atoms with E-state index >= 15 is 13.6 Å². The van der Waals surface area contributed by atoms with Gasteiger partial charge < -0.3 is 5.32 Å². The summed E-state index contributed by atoms with van der Waals surface area (Å²) in [5, 5.41) is 15.4. The van der Waals surface area contributed by atoms with Crippen LogP contribution in [0.5, 0.6) is 0 Å². The fourth-order valence-corrected chi connectivity index (χ4v) is 9.63. The number of alkyl halides is 4. The van der Waals surface area contributed by atoms with Crippen LogP contribution in [0.2, 0.25) is 5.02 Å². The summed E-state index contributed by atoms with van der Waals surface area (Å²) in [5.41, 5.74) is -0.994. The molecule has 326 valence electrons. The van der Waals surface area contributed by atoms with E-state index in [1.165, 1.54) is 23.9 Å². The molecule has 7 aromatic rings. The first-order valence-electron chi connectivity index (χ1n) is 19.6. The van der Waals surface area contributed by atoms with Crippen LogP contribution in [0.25, 0.3) is 38.8 Å². The number of carbonyl (C=O) groups is 1. The number of rotatable bonds is 12. The lowest BCUT2D eigenvalue weighted by Crippen LogP contribution is -2.38. The highest BCUT2D eigenvalue weighted by Crippen LogP contribution is 2.68. The molecule has 4 heterocycles. The van der Waals surface area contributed by atoms with Gasteiger partial charge in [0, 0.05) is 42.8 Å².